The Morgan fingerprint density at radius 1 is 1.40 bits per heavy atom. The van der Waals surface area contributed by atoms with Crippen molar-refractivity contribution in [2.24, 2.45) is 5.92 Å². The maximum absolute atomic E-state index is 11.9. The molecule has 1 aromatic heterocycles. The van der Waals surface area contributed by atoms with Gasteiger partial charge in [-0.15, -0.1) is 0 Å². The van der Waals surface area contributed by atoms with Gasteiger partial charge in [-0.25, -0.2) is 4.98 Å². The molecule has 6 nitrogen and oxygen atoms in total. The van der Waals surface area contributed by atoms with Gasteiger partial charge in [-0.3, -0.25) is 9.69 Å². The Labute approximate surface area is 119 Å². The first-order valence-electron chi connectivity index (χ1n) is 7.38. The molecule has 2 aliphatic heterocycles. The van der Waals surface area contributed by atoms with Crippen LogP contribution in [0.25, 0.3) is 0 Å². The highest BCUT2D eigenvalue weighted by Gasteiger charge is 2.20. The van der Waals surface area contributed by atoms with Gasteiger partial charge in [0.2, 0.25) is 5.91 Å². The van der Waals surface area contributed by atoms with Gasteiger partial charge in [-0.05, 0) is 12.3 Å². The summed E-state index contributed by atoms with van der Waals surface area (Å²) in [4.78, 5) is 18.4. The fraction of sp³-hybridized carbons (Fsp3) is 0.714. The summed E-state index contributed by atoms with van der Waals surface area (Å²) in [5.41, 5.74) is 0. The van der Waals surface area contributed by atoms with Crippen molar-refractivity contribution in [1.29, 1.82) is 0 Å². The van der Waals surface area contributed by atoms with Crippen molar-refractivity contribution in [1.82, 2.24) is 19.8 Å². The predicted molar refractivity (Wildman–Crippen MR) is 74.3 cm³/mol. The van der Waals surface area contributed by atoms with E-state index in [9.17, 15) is 4.79 Å². The van der Waals surface area contributed by atoms with Crippen LogP contribution in [-0.2, 0) is 22.5 Å². The minimum Gasteiger partial charge on any atom is -0.379 e. The van der Waals surface area contributed by atoms with Gasteiger partial charge in [-0.1, -0.05) is 0 Å². The Bertz CT molecular complexity index is 454. The molecule has 110 valence electrons. The van der Waals surface area contributed by atoms with Crippen molar-refractivity contribution >= 4 is 5.91 Å². The Hall–Kier alpha value is -1.40. The molecular formula is C14H22N4O2. The number of hydrogen-bond acceptors (Lipinski definition) is 4. The van der Waals surface area contributed by atoms with Gasteiger partial charge in [-0.2, -0.15) is 0 Å². The summed E-state index contributed by atoms with van der Waals surface area (Å²) in [6.45, 7) is 5.44. The molecule has 3 rings (SSSR count). The summed E-state index contributed by atoms with van der Waals surface area (Å²) in [6.07, 6.45) is 5.96. The molecule has 3 heterocycles. The van der Waals surface area contributed by atoms with Gasteiger partial charge in [0.1, 0.15) is 5.82 Å². The van der Waals surface area contributed by atoms with Crippen LogP contribution in [0, 0.1) is 5.92 Å². The van der Waals surface area contributed by atoms with E-state index >= 15 is 0 Å². The van der Waals surface area contributed by atoms with Crippen molar-refractivity contribution in [3.8, 4) is 0 Å². The van der Waals surface area contributed by atoms with Crippen LogP contribution in [0.5, 0.6) is 0 Å². The smallest absolute Gasteiger partial charge is 0.234 e. The Balaban J connectivity index is 1.40. The summed E-state index contributed by atoms with van der Waals surface area (Å²) in [5.74, 6) is 1.78. The van der Waals surface area contributed by atoms with E-state index in [1.807, 2.05) is 12.4 Å². The van der Waals surface area contributed by atoms with Crippen LogP contribution in [0.3, 0.4) is 0 Å². The number of morpholine rings is 1. The molecule has 0 saturated carbocycles. The number of carbonyl (C=O) groups excluding carboxylic acids is 1. The van der Waals surface area contributed by atoms with E-state index in [1.54, 1.807) is 0 Å². The van der Waals surface area contributed by atoms with Gasteiger partial charge < -0.3 is 14.6 Å². The van der Waals surface area contributed by atoms with E-state index in [2.05, 4.69) is 19.8 Å². The highest BCUT2D eigenvalue weighted by Crippen LogP contribution is 2.18. The summed E-state index contributed by atoms with van der Waals surface area (Å²) in [6, 6.07) is 0. The van der Waals surface area contributed by atoms with Gasteiger partial charge in [0.25, 0.3) is 0 Å². The highest BCUT2D eigenvalue weighted by molar-refractivity contribution is 5.78. The molecule has 2 aliphatic rings. The van der Waals surface area contributed by atoms with E-state index in [4.69, 9.17) is 4.74 Å². The normalized spacial score (nSPS) is 23.3. The Kier molecular flexibility index (Phi) is 4.32. The zero-order chi connectivity index (χ0) is 13.8. The van der Waals surface area contributed by atoms with Gasteiger partial charge in [0, 0.05) is 45.0 Å². The van der Waals surface area contributed by atoms with E-state index in [0.717, 1.165) is 58.1 Å². The largest absolute Gasteiger partial charge is 0.379 e. The molecule has 0 spiro atoms. The number of imidazole rings is 1. The van der Waals surface area contributed by atoms with Gasteiger partial charge >= 0.3 is 0 Å². The van der Waals surface area contributed by atoms with E-state index in [0.29, 0.717) is 12.5 Å². The number of amides is 1. The molecule has 6 heteroatoms. The molecular weight excluding hydrogens is 256 g/mol. The van der Waals surface area contributed by atoms with Crippen LogP contribution in [0.4, 0.5) is 0 Å². The highest BCUT2D eigenvalue weighted by atomic mass is 16.5. The molecule has 1 N–H and O–H groups in total. The molecule has 1 saturated heterocycles. The minimum atomic E-state index is 0.126. The lowest BCUT2D eigenvalue weighted by Crippen LogP contribution is -2.44. The number of fused-ring (bicyclic) bond motifs is 1. The summed E-state index contributed by atoms with van der Waals surface area (Å²) >= 11 is 0. The first-order valence-corrected chi connectivity index (χ1v) is 7.38. The number of aryl methyl sites for hydroxylation is 1. The van der Waals surface area contributed by atoms with Gasteiger partial charge in [0.05, 0.1) is 19.8 Å². The quantitative estimate of drug-likeness (QED) is 0.835. The average Bonchev–Trinajstić information content (AvgIpc) is 2.93. The number of rotatable bonds is 4. The lowest BCUT2D eigenvalue weighted by atomic mass is 9.98. The first kappa shape index (κ1) is 13.6. The lowest BCUT2D eigenvalue weighted by Gasteiger charge is -2.27. The molecule has 0 aromatic carbocycles. The molecule has 1 amide bonds. The minimum absolute atomic E-state index is 0.126. The summed E-state index contributed by atoms with van der Waals surface area (Å²) < 4.78 is 7.48. The summed E-state index contributed by atoms with van der Waals surface area (Å²) in [7, 11) is 0. The summed E-state index contributed by atoms with van der Waals surface area (Å²) in [5, 5.41) is 3.06. The maximum Gasteiger partial charge on any atom is 0.234 e. The zero-order valence-electron chi connectivity index (χ0n) is 11.8. The average molecular weight is 278 g/mol. The zero-order valence-corrected chi connectivity index (χ0v) is 11.8. The second kappa shape index (κ2) is 6.37. The predicted octanol–water partition coefficient (Wildman–Crippen LogP) is -0.106. The molecule has 1 aromatic rings. The first-order chi connectivity index (χ1) is 9.81. The van der Waals surface area contributed by atoms with Crippen molar-refractivity contribution < 1.29 is 9.53 Å². The molecule has 1 fully saturated rings. The van der Waals surface area contributed by atoms with Crippen LogP contribution in [-0.4, -0.2) is 59.8 Å². The number of carbonyl (C=O) groups is 1. The van der Waals surface area contributed by atoms with Crippen molar-refractivity contribution in [2.75, 3.05) is 39.4 Å². The third kappa shape index (κ3) is 3.37. The van der Waals surface area contributed by atoms with Crippen LogP contribution < -0.4 is 5.32 Å². The van der Waals surface area contributed by atoms with E-state index in [-0.39, 0.29) is 5.91 Å². The van der Waals surface area contributed by atoms with Crippen LogP contribution in [0.15, 0.2) is 12.4 Å². The number of ether oxygens (including phenoxy) is 1. The van der Waals surface area contributed by atoms with Crippen LogP contribution >= 0.6 is 0 Å². The third-order valence-corrected chi connectivity index (χ3v) is 4.11. The fourth-order valence-electron chi connectivity index (χ4n) is 2.87. The Morgan fingerprint density at radius 3 is 3.10 bits per heavy atom. The SMILES string of the molecule is O=C(CN1CCOCC1)NC[C@@H]1CCn2ccnc2C1. The molecule has 20 heavy (non-hydrogen) atoms. The molecule has 0 unspecified atom stereocenters. The van der Waals surface area contributed by atoms with E-state index in [1.165, 1.54) is 0 Å². The number of nitrogens with one attached hydrogen (secondary N) is 1. The fourth-order valence-corrected chi connectivity index (χ4v) is 2.87. The number of hydrogen-bond donors (Lipinski definition) is 1. The van der Waals surface area contributed by atoms with Gasteiger partial charge in [0.15, 0.2) is 0 Å². The third-order valence-electron chi connectivity index (χ3n) is 4.11. The molecule has 0 bridgehead atoms. The van der Waals surface area contributed by atoms with Crippen molar-refractivity contribution in [3.63, 3.8) is 0 Å². The standard InChI is InChI=1S/C14H22N4O2/c19-14(11-17-5-7-20-8-6-17)16-10-12-1-3-18-4-2-15-13(18)9-12/h2,4,12H,1,3,5-11H2,(H,16,19)/t12-/m1/s1. The second-order valence-electron chi connectivity index (χ2n) is 5.59. The number of nitrogens with zero attached hydrogens (tertiary/aromatic N) is 3. The second-order valence-corrected chi connectivity index (χ2v) is 5.59. The monoisotopic (exact) mass is 278 g/mol. The Morgan fingerprint density at radius 2 is 2.25 bits per heavy atom. The molecule has 0 radical (unpaired) electrons. The van der Waals surface area contributed by atoms with Crippen LogP contribution in [0.1, 0.15) is 12.2 Å². The van der Waals surface area contributed by atoms with Crippen LogP contribution in [0.2, 0.25) is 0 Å². The van der Waals surface area contributed by atoms with Crippen molar-refractivity contribution in [3.05, 3.63) is 18.2 Å². The number of aromatic nitrogens is 2. The molecule has 1 atom stereocenters. The van der Waals surface area contributed by atoms with Crippen molar-refractivity contribution in [2.45, 2.75) is 19.4 Å². The molecule has 0 aliphatic carbocycles. The van der Waals surface area contributed by atoms with E-state index < -0.39 is 0 Å². The lowest BCUT2D eigenvalue weighted by molar-refractivity contribution is -0.123. The topological polar surface area (TPSA) is 59.4 Å². The maximum atomic E-state index is 11.9.